The molecule has 0 aromatic heterocycles. The van der Waals surface area contributed by atoms with Gasteiger partial charge in [-0.15, -0.1) is 0 Å². The van der Waals surface area contributed by atoms with Crippen molar-refractivity contribution in [3.63, 3.8) is 0 Å². The van der Waals surface area contributed by atoms with Gasteiger partial charge in [-0.1, -0.05) is 87.5 Å². The second kappa shape index (κ2) is 16.1. The fraction of sp³-hybridized carbons (Fsp3) is 0.471. The summed E-state index contributed by atoms with van der Waals surface area (Å²) in [5.74, 6) is 0.0766. The molecule has 0 unspecified atom stereocenters. The quantitative estimate of drug-likeness (QED) is 0.169. The number of urea groups is 1. The highest BCUT2D eigenvalue weighted by atomic mass is 16.7. The van der Waals surface area contributed by atoms with Crippen molar-refractivity contribution < 1.29 is 24.2 Å². The van der Waals surface area contributed by atoms with Crippen molar-refractivity contribution in [3.8, 4) is 0 Å². The summed E-state index contributed by atoms with van der Waals surface area (Å²) < 4.78 is 11.5. The second-order valence-electron chi connectivity index (χ2n) is 11.6. The molecule has 1 atom stereocenters. The molecule has 0 fully saturated rings. The zero-order valence-electron chi connectivity index (χ0n) is 25.7. The van der Waals surface area contributed by atoms with Crippen molar-refractivity contribution in [2.45, 2.75) is 60.3 Å². The molecule has 3 amide bonds. The lowest BCUT2D eigenvalue weighted by atomic mass is 9.78. The highest BCUT2D eigenvalue weighted by Crippen LogP contribution is 2.30. The lowest BCUT2D eigenvalue weighted by Gasteiger charge is -2.36. The second-order valence-corrected chi connectivity index (χ2v) is 11.6. The van der Waals surface area contributed by atoms with Gasteiger partial charge in [0.2, 0.25) is 0 Å². The van der Waals surface area contributed by atoms with Gasteiger partial charge in [0, 0.05) is 45.0 Å². The Morgan fingerprint density at radius 2 is 1.55 bits per heavy atom. The topological polar surface area (TPSA) is 100 Å². The van der Waals surface area contributed by atoms with Gasteiger partial charge in [-0.25, -0.2) is 9.59 Å². The van der Waals surface area contributed by atoms with E-state index in [4.69, 9.17) is 14.6 Å². The number of hydrogen-bond donors (Lipinski definition) is 3. The Morgan fingerprint density at radius 3 is 2.19 bits per heavy atom. The Bertz CT molecular complexity index is 1260. The number of ether oxygens (including phenoxy) is 2. The fourth-order valence-corrected chi connectivity index (χ4v) is 5.11. The van der Waals surface area contributed by atoms with Gasteiger partial charge in [-0.3, -0.25) is 0 Å². The summed E-state index contributed by atoms with van der Waals surface area (Å²) in [5.41, 5.74) is 2.99. The molecule has 0 saturated heterocycles. The summed E-state index contributed by atoms with van der Waals surface area (Å²) in [5, 5.41) is 17.1. The van der Waals surface area contributed by atoms with Crippen molar-refractivity contribution >= 4 is 22.9 Å². The van der Waals surface area contributed by atoms with E-state index in [0.29, 0.717) is 45.8 Å². The van der Waals surface area contributed by atoms with Crippen LogP contribution in [0.5, 0.6) is 0 Å². The molecule has 3 N–H and O–H groups in total. The molecule has 42 heavy (non-hydrogen) atoms. The van der Waals surface area contributed by atoms with E-state index in [1.807, 2.05) is 55.1 Å². The van der Waals surface area contributed by atoms with Gasteiger partial charge in [0.1, 0.15) is 0 Å². The maximum Gasteiger partial charge on any atom is 0.404 e. The predicted octanol–water partition coefficient (Wildman–Crippen LogP) is 6.99. The summed E-state index contributed by atoms with van der Waals surface area (Å²) in [7, 11) is 0. The number of rotatable bonds is 15. The van der Waals surface area contributed by atoms with E-state index in [2.05, 4.69) is 61.7 Å². The zero-order valence-corrected chi connectivity index (χ0v) is 25.7. The van der Waals surface area contributed by atoms with E-state index in [1.54, 1.807) is 0 Å². The van der Waals surface area contributed by atoms with Crippen molar-refractivity contribution in [1.29, 1.82) is 0 Å². The zero-order chi connectivity index (χ0) is 30.5. The third-order valence-corrected chi connectivity index (χ3v) is 7.53. The Hall–Kier alpha value is -3.62. The Morgan fingerprint density at radius 1 is 0.881 bits per heavy atom. The number of carboxylic acid groups (broad SMARTS) is 1. The minimum atomic E-state index is -1.04. The van der Waals surface area contributed by atoms with Gasteiger partial charge in [0.05, 0.1) is 0 Å². The van der Waals surface area contributed by atoms with Crippen LogP contribution in [0.2, 0.25) is 0 Å². The van der Waals surface area contributed by atoms with E-state index in [9.17, 15) is 9.59 Å². The van der Waals surface area contributed by atoms with Gasteiger partial charge < -0.3 is 30.1 Å². The minimum absolute atomic E-state index is 0.0766. The van der Waals surface area contributed by atoms with Crippen LogP contribution in [-0.4, -0.2) is 55.0 Å². The van der Waals surface area contributed by atoms with E-state index in [-0.39, 0.29) is 17.4 Å². The maximum atomic E-state index is 13.7. The summed E-state index contributed by atoms with van der Waals surface area (Å²) in [6.45, 7) is 13.1. The Kier molecular flexibility index (Phi) is 12.6. The maximum absolute atomic E-state index is 13.7. The monoisotopic (exact) mass is 577 g/mol. The average Bonchev–Trinajstić information content (AvgIpc) is 2.95. The van der Waals surface area contributed by atoms with E-state index in [1.165, 1.54) is 16.3 Å². The van der Waals surface area contributed by atoms with Crippen molar-refractivity contribution in [1.82, 2.24) is 15.5 Å². The van der Waals surface area contributed by atoms with Crippen molar-refractivity contribution in [3.05, 3.63) is 83.4 Å². The van der Waals surface area contributed by atoms with Gasteiger partial charge >= 0.3 is 12.1 Å². The van der Waals surface area contributed by atoms with Crippen molar-refractivity contribution in [2.75, 3.05) is 32.8 Å². The highest BCUT2D eigenvalue weighted by molar-refractivity contribution is 5.85. The number of benzene rings is 3. The summed E-state index contributed by atoms with van der Waals surface area (Å²) in [6.07, 6.45) is -0.117. The van der Waals surface area contributed by atoms with Gasteiger partial charge in [0.25, 0.3) is 0 Å². The molecule has 8 heteroatoms. The normalized spacial score (nSPS) is 12.3. The molecule has 3 aromatic rings. The number of carbonyl (C=O) groups excluding carboxylic acids is 1. The Labute approximate surface area is 250 Å². The molecule has 0 aliphatic rings. The molecule has 0 bridgehead atoms. The van der Waals surface area contributed by atoms with Crippen molar-refractivity contribution in [2.24, 2.45) is 11.3 Å². The first kappa shape index (κ1) is 32.9. The molecule has 0 aliphatic carbocycles. The molecule has 0 heterocycles. The molecular weight excluding hydrogens is 530 g/mol. The molecule has 3 rings (SSSR count). The standard InChI is InChI=1S/C34H47N3O5/c1-6-41-31(42-7-2)28-17-15-25(16-18-28)23-37(24-29(34(3,4)5)20-22-36-33(39)40)32(38)35-21-19-27-13-10-12-26-11-8-9-14-30(26)27/h8-18,29,31,36H,6-7,19-24H2,1-5H3,(H,35,38)(H,39,40)/t29-/m1/s1. The summed E-state index contributed by atoms with van der Waals surface area (Å²) >= 11 is 0. The van der Waals surface area contributed by atoms with Crippen LogP contribution in [0.1, 0.15) is 64.0 Å². The summed E-state index contributed by atoms with van der Waals surface area (Å²) in [6, 6.07) is 22.4. The molecule has 0 spiro atoms. The number of nitrogens with one attached hydrogen (secondary N) is 2. The van der Waals surface area contributed by atoms with Crippen LogP contribution >= 0.6 is 0 Å². The number of hydrogen-bond acceptors (Lipinski definition) is 4. The molecule has 0 radical (unpaired) electrons. The largest absolute Gasteiger partial charge is 0.465 e. The van der Waals surface area contributed by atoms with Crippen LogP contribution in [0.15, 0.2) is 66.7 Å². The van der Waals surface area contributed by atoms with Crippen LogP contribution in [0.3, 0.4) is 0 Å². The smallest absolute Gasteiger partial charge is 0.404 e. The van der Waals surface area contributed by atoms with Gasteiger partial charge in [0.15, 0.2) is 6.29 Å². The van der Waals surface area contributed by atoms with E-state index in [0.717, 1.165) is 17.5 Å². The molecular formula is C34H47N3O5. The molecule has 0 saturated carbocycles. The third-order valence-electron chi connectivity index (χ3n) is 7.53. The SMILES string of the molecule is CCOC(OCC)c1ccc(CN(C[C@@H](CCNC(=O)O)C(C)(C)C)C(=O)NCCc2cccc3ccccc23)cc1. The fourth-order valence-electron chi connectivity index (χ4n) is 5.11. The number of fused-ring (bicyclic) bond motifs is 1. The molecule has 0 aliphatic heterocycles. The lowest BCUT2D eigenvalue weighted by molar-refractivity contribution is -0.140. The van der Waals surface area contributed by atoms with Crippen LogP contribution < -0.4 is 10.6 Å². The van der Waals surface area contributed by atoms with Crippen LogP contribution in [0, 0.1) is 11.3 Å². The average molecular weight is 578 g/mol. The van der Waals surface area contributed by atoms with Gasteiger partial charge in [-0.2, -0.15) is 0 Å². The first-order chi connectivity index (χ1) is 20.1. The lowest BCUT2D eigenvalue weighted by Crippen LogP contribution is -2.45. The molecule has 3 aromatic carbocycles. The first-order valence-electron chi connectivity index (χ1n) is 14.9. The van der Waals surface area contributed by atoms with E-state index >= 15 is 0 Å². The van der Waals surface area contributed by atoms with Crippen LogP contribution in [-0.2, 0) is 22.4 Å². The summed E-state index contributed by atoms with van der Waals surface area (Å²) in [4.78, 5) is 26.6. The molecule has 8 nitrogen and oxygen atoms in total. The van der Waals surface area contributed by atoms with E-state index < -0.39 is 12.4 Å². The third kappa shape index (κ3) is 10.0. The number of nitrogens with zero attached hydrogens (tertiary/aromatic N) is 1. The van der Waals surface area contributed by atoms with Gasteiger partial charge in [-0.05, 0) is 59.9 Å². The minimum Gasteiger partial charge on any atom is -0.465 e. The highest BCUT2D eigenvalue weighted by Gasteiger charge is 2.29. The molecule has 228 valence electrons. The van der Waals surface area contributed by atoms with Crippen LogP contribution in [0.4, 0.5) is 9.59 Å². The number of carbonyl (C=O) groups is 2. The first-order valence-corrected chi connectivity index (χ1v) is 14.9. The Balaban J connectivity index is 1.76. The van der Waals surface area contributed by atoms with Crippen LogP contribution in [0.25, 0.3) is 10.8 Å². The number of amides is 3. The predicted molar refractivity (Wildman–Crippen MR) is 167 cm³/mol.